The van der Waals surface area contributed by atoms with Crippen molar-refractivity contribution in [2.24, 2.45) is 0 Å². The summed E-state index contributed by atoms with van der Waals surface area (Å²) in [6, 6.07) is 20.4. The van der Waals surface area contributed by atoms with Gasteiger partial charge in [0.25, 0.3) is 0 Å². The fourth-order valence-electron chi connectivity index (χ4n) is 4.22. The average Bonchev–Trinajstić information content (AvgIpc) is 2.84. The van der Waals surface area contributed by atoms with E-state index in [1.165, 1.54) is 4.31 Å². The number of hydrogen-bond donors (Lipinski definition) is 0. The highest BCUT2D eigenvalue weighted by molar-refractivity contribution is 7.89. The molecule has 1 aliphatic rings. The van der Waals surface area contributed by atoms with E-state index < -0.39 is 22.0 Å². The highest BCUT2D eigenvalue weighted by Crippen LogP contribution is 2.36. The predicted octanol–water partition coefficient (Wildman–Crippen LogP) is 4.41. The number of carbonyl (C=O) groups is 2. The van der Waals surface area contributed by atoms with Gasteiger partial charge in [0, 0.05) is 12.1 Å². The molecule has 176 valence electrons. The average molecular weight is 478 g/mol. The summed E-state index contributed by atoms with van der Waals surface area (Å²) >= 11 is 0. The van der Waals surface area contributed by atoms with E-state index in [0.29, 0.717) is 12.0 Å². The van der Waals surface area contributed by atoms with Gasteiger partial charge in [-0.25, -0.2) is 8.42 Å². The first-order valence-electron chi connectivity index (χ1n) is 11.2. The Morgan fingerprint density at radius 1 is 0.941 bits per heavy atom. The third-order valence-electron chi connectivity index (χ3n) is 6.27. The predicted molar refractivity (Wildman–Crippen MR) is 129 cm³/mol. The van der Waals surface area contributed by atoms with E-state index in [4.69, 9.17) is 4.74 Å². The minimum absolute atomic E-state index is 0.177. The molecule has 0 amide bonds. The number of nitrogens with zero attached hydrogens (tertiary/aromatic N) is 1. The van der Waals surface area contributed by atoms with Crippen LogP contribution in [-0.4, -0.2) is 37.6 Å². The molecule has 0 saturated heterocycles. The molecule has 34 heavy (non-hydrogen) atoms. The second kappa shape index (κ2) is 9.91. The number of carbonyl (C=O) groups excluding carboxylic acids is 2. The van der Waals surface area contributed by atoms with E-state index >= 15 is 0 Å². The van der Waals surface area contributed by atoms with Crippen molar-refractivity contribution in [2.75, 3.05) is 13.2 Å². The van der Waals surface area contributed by atoms with Crippen molar-refractivity contribution in [2.45, 2.75) is 37.6 Å². The van der Waals surface area contributed by atoms with Crippen LogP contribution in [0, 0.1) is 13.8 Å². The summed E-state index contributed by atoms with van der Waals surface area (Å²) in [5.74, 6) is -0.915. The Kier molecular flexibility index (Phi) is 6.95. The van der Waals surface area contributed by atoms with E-state index in [0.717, 1.165) is 22.3 Å². The van der Waals surface area contributed by atoms with E-state index in [9.17, 15) is 18.0 Å². The van der Waals surface area contributed by atoms with Crippen LogP contribution in [0.3, 0.4) is 0 Å². The monoisotopic (exact) mass is 477 g/mol. The zero-order chi connectivity index (χ0) is 24.3. The molecule has 0 fully saturated rings. The van der Waals surface area contributed by atoms with E-state index in [-0.39, 0.29) is 30.3 Å². The summed E-state index contributed by atoms with van der Waals surface area (Å²) in [5.41, 5.74) is 4.32. The van der Waals surface area contributed by atoms with E-state index in [1.54, 1.807) is 42.5 Å². The van der Waals surface area contributed by atoms with Gasteiger partial charge in [-0.3, -0.25) is 9.59 Å². The van der Waals surface area contributed by atoms with Crippen molar-refractivity contribution in [1.29, 1.82) is 0 Å². The summed E-state index contributed by atoms with van der Waals surface area (Å²) < 4.78 is 33.5. The third kappa shape index (κ3) is 4.95. The summed E-state index contributed by atoms with van der Waals surface area (Å²) in [7, 11) is -3.82. The minimum atomic E-state index is -3.82. The normalized spacial score (nSPS) is 16.0. The van der Waals surface area contributed by atoms with Crippen LogP contribution in [0.1, 0.15) is 45.1 Å². The molecule has 1 aliphatic heterocycles. The lowest BCUT2D eigenvalue weighted by atomic mass is 9.92. The fraction of sp³-hybridized carbons (Fsp3) is 0.259. The smallest absolute Gasteiger partial charge is 0.308 e. The number of esters is 1. The molecule has 0 bridgehead atoms. The van der Waals surface area contributed by atoms with Crippen LogP contribution in [0.25, 0.3) is 0 Å². The van der Waals surface area contributed by atoms with Gasteiger partial charge in [0.1, 0.15) is 0 Å². The van der Waals surface area contributed by atoms with Gasteiger partial charge in [-0.1, -0.05) is 54.6 Å². The number of ketones is 1. The van der Waals surface area contributed by atoms with Crippen molar-refractivity contribution >= 4 is 21.8 Å². The third-order valence-corrected chi connectivity index (χ3v) is 8.19. The van der Waals surface area contributed by atoms with Gasteiger partial charge in [0.05, 0.1) is 17.4 Å². The quantitative estimate of drug-likeness (QED) is 0.372. The lowest BCUT2D eigenvalue weighted by Gasteiger charge is -2.36. The number of benzene rings is 3. The summed E-state index contributed by atoms with van der Waals surface area (Å²) in [6.07, 6.45) is 0.377. The van der Waals surface area contributed by atoms with Crippen molar-refractivity contribution in [3.8, 4) is 0 Å². The van der Waals surface area contributed by atoms with Crippen molar-refractivity contribution in [3.63, 3.8) is 0 Å². The Morgan fingerprint density at radius 3 is 2.38 bits per heavy atom. The molecule has 1 heterocycles. The molecule has 0 spiro atoms. The first-order chi connectivity index (χ1) is 16.3. The Hall–Kier alpha value is -3.29. The molecule has 0 radical (unpaired) electrons. The first-order valence-corrected chi connectivity index (χ1v) is 12.6. The number of ether oxygens (including phenoxy) is 1. The Morgan fingerprint density at radius 2 is 1.65 bits per heavy atom. The Labute approximate surface area is 200 Å². The molecule has 0 aliphatic carbocycles. The maximum absolute atomic E-state index is 13.4. The van der Waals surface area contributed by atoms with Gasteiger partial charge in [-0.2, -0.15) is 4.31 Å². The molecule has 4 rings (SSSR count). The molecule has 1 unspecified atom stereocenters. The molecule has 3 aromatic carbocycles. The maximum atomic E-state index is 13.4. The zero-order valence-electron chi connectivity index (χ0n) is 19.2. The minimum Gasteiger partial charge on any atom is -0.457 e. The topological polar surface area (TPSA) is 80.8 Å². The van der Waals surface area contributed by atoms with Gasteiger partial charge < -0.3 is 4.74 Å². The molecule has 1 atom stereocenters. The largest absolute Gasteiger partial charge is 0.457 e. The van der Waals surface area contributed by atoms with E-state index in [1.807, 2.05) is 44.2 Å². The molecular weight excluding hydrogens is 450 g/mol. The second-order valence-electron chi connectivity index (χ2n) is 8.48. The lowest BCUT2D eigenvalue weighted by Crippen LogP contribution is -2.41. The highest BCUT2D eigenvalue weighted by Gasteiger charge is 2.37. The summed E-state index contributed by atoms with van der Waals surface area (Å²) in [5, 5.41) is 0. The number of Topliss-reactive ketones (excluding diaryl/α,β-unsaturated/α-hetero) is 1. The van der Waals surface area contributed by atoms with Crippen molar-refractivity contribution in [3.05, 3.63) is 101 Å². The SMILES string of the molecule is Cc1ccc(C(=O)COC(=O)CC2c3ccccc3CCN2S(=O)(=O)c2ccccc2)cc1C. The van der Waals surface area contributed by atoms with Gasteiger partial charge in [-0.05, 0) is 60.7 Å². The van der Waals surface area contributed by atoms with Crippen LogP contribution >= 0.6 is 0 Å². The number of sulfonamides is 1. The molecule has 6 nitrogen and oxygen atoms in total. The van der Waals surface area contributed by atoms with Gasteiger partial charge in [0.2, 0.25) is 10.0 Å². The van der Waals surface area contributed by atoms with Crippen molar-refractivity contribution < 1.29 is 22.7 Å². The van der Waals surface area contributed by atoms with Crippen LogP contribution < -0.4 is 0 Å². The maximum Gasteiger partial charge on any atom is 0.308 e. The van der Waals surface area contributed by atoms with Gasteiger partial charge >= 0.3 is 5.97 Å². The molecule has 7 heteroatoms. The molecule has 0 N–H and O–H groups in total. The van der Waals surface area contributed by atoms with E-state index in [2.05, 4.69) is 0 Å². The van der Waals surface area contributed by atoms with Gasteiger partial charge in [-0.15, -0.1) is 0 Å². The highest BCUT2D eigenvalue weighted by atomic mass is 32.2. The van der Waals surface area contributed by atoms with Crippen LogP contribution in [0.15, 0.2) is 77.7 Å². The Bertz CT molecular complexity index is 1320. The second-order valence-corrected chi connectivity index (χ2v) is 10.4. The lowest BCUT2D eigenvalue weighted by molar-refractivity contribution is -0.143. The number of aryl methyl sites for hydroxylation is 2. The standard InChI is InChI=1S/C27H27NO5S/c1-19-12-13-22(16-20(19)2)26(29)18-33-27(30)17-25-24-11-7-6-8-21(24)14-15-28(25)34(31,32)23-9-4-3-5-10-23/h3-13,16,25H,14-15,17-18H2,1-2H3. The van der Waals surface area contributed by atoms with Crippen LogP contribution in [-0.2, 0) is 26.0 Å². The molecule has 0 saturated carbocycles. The zero-order valence-corrected chi connectivity index (χ0v) is 20.0. The molecule has 3 aromatic rings. The van der Waals surface area contributed by atoms with Crippen LogP contribution in [0.5, 0.6) is 0 Å². The number of fused-ring (bicyclic) bond motifs is 1. The number of hydrogen-bond acceptors (Lipinski definition) is 5. The number of rotatable bonds is 7. The molecule has 0 aromatic heterocycles. The summed E-state index contributed by atoms with van der Waals surface area (Å²) in [4.78, 5) is 25.5. The van der Waals surface area contributed by atoms with Gasteiger partial charge in [0.15, 0.2) is 12.4 Å². The molecular formula is C27H27NO5S. The van der Waals surface area contributed by atoms with Crippen LogP contribution in [0.2, 0.25) is 0 Å². The van der Waals surface area contributed by atoms with Crippen molar-refractivity contribution in [1.82, 2.24) is 4.31 Å². The fourth-order valence-corrected chi connectivity index (χ4v) is 5.84. The Balaban J connectivity index is 1.53. The first kappa shape index (κ1) is 23.9. The summed E-state index contributed by atoms with van der Waals surface area (Å²) in [6.45, 7) is 3.75. The van der Waals surface area contributed by atoms with Crippen LogP contribution in [0.4, 0.5) is 0 Å².